The number of fused-ring (bicyclic) bond motifs is 1. The van der Waals surface area contributed by atoms with E-state index in [1.165, 1.54) is 5.39 Å². The summed E-state index contributed by atoms with van der Waals surface area (Å²) in [7, 11) is 0. The second-order valence-electron chi connectivity index (χ2n) is 4.47. The average Bonchev–Trinajstić information content (AvgIpc) is 2.47. The molecule has 19 heavy (non-hydrogen) atoms. The Bertz CT molecular complexity index is 703. The lowest BCUT2D eigenvalue weighted by molar-refractivity contribution is 1.75. The highest BCUT2D eigenvalue weighted by Crippen LogP contribution is 2.21. The molecular formula is C16H12Cl2Si. The molecule has 3 rings (SSSR count). The molecule has 0 radical (unpaired) electrons. The molecule has 94 valence electrons. The van der Waals surface area contributed by atoms with Gasteiger partial charge in [0, 0.05) is 0 Å². The summed E-state index contributed by atoms with van der Waals surface area (Å²) in [6.45, 7) is -2.68. The number of hydrogen-bond acceptors (Lipinski definition) is 0. The van der Waals surface area contributed by atoms with Gasteiger partial charge in [-0.25, -0.2) is 0 Å². The van der Waals surface area contributed by atoms with Gasteiger partial charge in [-0.15, -0.1) is 22.2 Å². The van der Waals surface area contributed by atoms with Gasteiger partial charge in [-0.2, -0.15) is 0 Å². The highest BCUT2D eigenvalue weighted by atomic mass is 35.7. The molecular weight excluding hydrogens is 291 g/mol. The Labute approximate surface area is 123 Å². The van der Waals surface area contributed by atoms with Gasteiger partial charge in [-0.05, 0) is 21.1 Å². The summed E-state index contributed by atoms with van der Waals surface area (Å²) < 4.78 is 0. The Morgan fingerprint density at radius 2 is 1.26 bits per heavy atom. The van der Waals surface area contributed by atoms with E-state index < -0.39 is 6.69 Å². The van der Waals surface area contributed by atoms with Crippen molar-refractivity contribution in [2.45, 2.75) is 0 Å². The minimum atomic E-state index is -2.68. The molecule has 3 aromatic rings. The first-order valence-corrected chi connectivity index (χ1v) is 10.1. The molecule has 0 aliphatic heterocycles. The van der Waals surface area contributed by atoms with Gasteiger partial charge in [0.2, 0.25) is 0 Å². The van der Waals surface area contributed by atoms with E-state index >= 15 is 0 Å². The fourth-order valence-corrected chi connectivity index (χ4v) is 5.84. The van der Waals surface area contributed by atoms with Crippen molar-refractivity contribution in [1.29, 1.82) is 0 Å². The van der Waals surface area contributed by atoms with Gasteiger partial charge >= 0.3 is 6.69 Å². The lowest BCUT2D eigenvalue weighted by Gasteiger charge is -2.19. The first-order valence-electron chi connectivity index (χ1n) is 6.11. The molecule has 0 aliphatic rings. The Hall–Kier alpha value is -1.28. The third-order valence-corrected chi connectivity index (χ3v) is 7.97. The van der Waals surface area contributed by atoms with Gasteiger partial charge in [0.05, 0.1) is 0 Å². The smallest absolute Gasteiger partial charge is 0.134 e. The summed E-state index contributed by atoms with van der Waals surface area (Å²) in [5.74, 6) is 0. The summed E-state index contributed by atoms with van der Waals surface area (Å²) in [6.07, 6.45) is 0. The van der Waals surface area contributed by atoms with Crippen molar-refractivity contribution >= 4 is 50.0 Å². The van der Waals surface area contributed by atoms with E-state index in [2.05, 4.69) is 18.2 Å². The van der Waals surface area contributed by atoms with Crippen LogP contribution in [0.5, 0.6) is 0 Å². The van der Waals surface area contributed by atoms with Gasteiger partial charge < -0.3 is 0 Å². The Balaban J connectivity index is 2.24. The van der Waals surface area contributed by atoms with E-state index in [1.54, 1.807) is 0 Å². The van der Waals surface area contributed by atoms with Crippen LogP contribution >= 0.6 is 22.2 Å². The van der Waals surface area contributed by atoms with Crippen molar-refractivity contribution in [3.05, 3.63) is 72.8 Å². The maximum Gasteiger partial charge on any atom is 0.311 e. The van der Waals surface area contributed by atoms with E-state index in [0.717, 1.165) is 15.8 Å². The van der Waals surface area contributed by atoms with E-state index in [9.17, 15) is 0 Å². The predicted molar refractivity (Wildman–Crippen MR) is 87.1 cm³/mol. The molecule has 0 N–H and O–H groups in total. The van der Waals surface area contributed by atoms with Gasteiger partial charge in [0.1, 0.15) is 0 Å². The molecule has 0 spiro atoms. The summed E-state index contributed by atoms with van der Waals surface area (Å²) in [4.78, 5) is 0. The Kier molecular flexibility index (Phi) is 3.36. The SMILES string of the molecule is Cl[Si](Cl)(c1ccccc1)c1cccc2ccccc12. The summed E-state index contributed by atoms with van der Waals surface area (Å²) in [5.41, 5.74) is 0. The molecule has 0 heterocycles. The number of halogens is 2. The van der Waals surface area contributed by atoms with Crippen LogP contribution < -0.4 is 10.4 Å². The molecule has 0 fully saturated rings. The first-order chi connectivity index (χ1) is 9.19. The number of hydrogen-bond donors (Lipinski definition) is 0. The van der Waals surface area contributed by atoms with Crippen LogP contribution in [-0.2, 0) is 0 Å². The fourth-order valence-electron chi connectivity index (χ4n) is 2.30. The normalized spacial score (nSPS) is 11.7. The molecule has 0 saturated carbocycles. The predicted octanol–water partition coefficient (Wildman–Crippen LogP) is 3.87. The minimum Gasteiger partial charge on any atom is -0.134 e. The zero-order chi connectivity index (χ0) is 13.3. The van der Waals surface area contributed by atoms with Gasteiger partial charge in [0.15, 0.2) is 0 Å². The summed E-state index contributed by atoms with van der Waals surface area (Å²) in [6, 6.07) is 24.3. The zero-order valence-corrected chi connectivity index (χ0v) is 12.7. The van der Waals surface area contributed by atoms with Crippen LogP contribution in [0, 0.1) is 0 Å². The number of benzene rings is 3. The molecule has 0 bridgehead atoms. The van der Waals surface area contributed by atoms with Crippen LogP contribution in [-0.4, -0.2) is 6.69 Å². The maximum atomic E-state index is 6.77. The average molecular weight is 303 g/mol. The quantitative estimate of drug-likeness (QED) is 0.498. The van der Waals surface area contributed by atoms with Crippen LogP contribution in [0.3, 0.4) is 0 Å². The van der Waals surface area contributed by atoms with Crippen molar-refractivity contribution in [2.75, 3.05) is 0 Å². The maximum absolute atomic E-state index is 6.77. The molecule has 3 heteroatoms. The Morgan fingerprint density at radius 3 is 2.05 bits per heavy atom. The van der Waals surface area contributed by atoms with Crippen molar-refractivity contribution < 1.29 is 0 Å². The number of rotatable bonds is 2. The minimum absolute atomic E-state index is 1.02. The first kappa shape index (κ1) is 12.7. The van der Waals surface area contributed by atoms with Crippen LogP contribution in [0.25, 0.3) is 10.8 Å². The van der Waals surface area contributed by atoms with Crippen LogP contribution in [0.4, 0.5) is 0 Å². The van der Waals surface area contributed by atoms with Crippen molar-refractivity contribution in [2.24, 2.45) is 0 Å². The zero-order valence-electron chi connectivity index (χ0n) is 10.2. The topological polar surface area (TPSA) is 0 Å². The molecule has 0 saturated heterocycles. The van der Waals surface area contributed by atoms with Crippen molar-refractivity contribution in [3.8, 4) is 0 Å². The highest BCUT2D eigenvalue weighted by molar-refractivity contribution is 7.56. The molecule has 0 unspecified atom stereocenters. The van der Waals surface area contributed by atoms with E-state index in [-0.39, 0.29) is 0 Å². The molecule has 0 nitrogen and oxygen atoms in total. The molecule has 0 amide bonds. The molecule has 0 aromatic heterocycles. The highest BCUT2D eigenvalue weighted by Gasteiger charge is 2.34. The van der Waals surface area contributed by atoms with E-state index in [0.29, 0.717) is 0 Å². The second-order valence-corrected chi connectivity index (χ2v) is 10.7. The molecule has 3 aromatic carbocycles. The molecule has 0 aliphatic carbocycles. The van der Waals surface area contributed by atoms with Crippen molar-refractivity contribution in [3.63, 3.8) is 0 Å². The fraction of sp³-hybridized carbons (Fsp3) is 0. The largest absolute Gasteiger partial charge is 0.311 e. The monoisotopic (exact) mass is 302 g/mol. The van der Waals surface area contributed by atoms with Gasteiger partial charge in [-0.1, -0.05) is 72.8 Å². The van der Waals surface area contributed by atoms with Crippen LogP contribution in [0.2, 0.25) is 0 Å². The third kappa shape index (κ3) is 2.30. The van der Waals surface area contributed by atoms with E-state index in [4.69, 9.17) is 22.2 Å². The molecule has 0 atom stereocenters. The van der Waals surface area contributed by atoms with Crippen molar-refractivity contribution in [1.82, 2.24) is 0 Å². The summed E-state index contributed by atoms with van der Waals surface area (Å²) in [5, 5.41) is 4.40. The third-order valence-electron chi connectivity index (χ3n) is 3.26. The lowest BCUT2D eigenvalue weighted by atomic mass is 10.1. The summed E-state index contributed by atoms with van der Waals surface area (Å²) >= 11 is 13.5. The van der Waals surface area contributed by atoms with Crippen LogP contribution in [0.15, 0.2) is 72.8 Å². The van der Waals surface area contributed by atoms with Gasteiger partial charge in [-0.3, -0.25) is 0 Å². The van der Waals surface area contributed by atoms with E-state index in [1.807, 2.05) is 54.6 Å². The van der Waals surface area contributed by atoms with Crippen LogP contribution in [0.1, 0.15) is 0 Å². The van der Waals surface area contributed by atoms with Gasteiger partial charge in [0.25, 0.3) is 0 Å². The second kappa shape index (κ2) is 5.01. The Morgan fingerprint density at radius 1 is 0.632 bits per heavy atom. The lowest BCUT2D eigenvalue weighted by Crippen LogP contribution is -2.48. The standard InChI is InChI=1S/C16H12Cl2Si/c17-19(18,14-9-2-1-3-10-14)16-12-6-8-13-7-4-5-11-15(13)16/h1-12H.